The average molecular weight is 573 g/mol. The molecule has 0 aromatic heterocycles. The molecule has 0 radical (unpaired) electrons. The molecule has 2 saturated heterocycles. The van der Waals surface area contributed by atoms with E-state index in [1.165, 1.54) is 42.6 Å². The molecule has 0 bridgehead atoms. The summed E-state index contributed by atoms with van der Waals surface area (Å²) in [7, 11) is 5.00. The summed E-state index contributed by atoms with van der Waals surface area (Å²) in [5.41, 5.74) is 4.02. The smallest absolute Gasteiger partial charge is 0.203 e. The summed E-state index contributed by atoms with van der Waals surface area (Å²) >= 11 is 0. The monoisotopic (exact) mass is 572 g/mol. The van der Waals surface area contributed by atoms with E-state index >= 15 is 0 Å². The highest BCUT2D eigenvalue weighted by Gasteiger charge is 2.28. The van der Waals surface area contributed by atoms with Gasteiger partial charge in [0.15, 0.2) is 11.5 Å². The first-order chi connectivity index (χ1) is 20.7. The molecule has 7 nitrogen and oxygen atoms in total. The molecule has 0 amide bonds. The number of rotatable bonds is 13. The van der Waals surface area contributed by atoms with Gasteiger partial charge < -0.3 is 19.5 Å². The van der Waals surface area contributed by atoms with Gasteiger partial charge in [-0.1, -0.05) is 60.7 Å². The molecular formula is C35H48N4O3. The van der Waals surface area contributed by atoms with E-state index in [1.54, 1.807) is 21.3 Å². The lowest BCUT2D eigenvalue weighted by Crippen LogP contribution is -2.51. The summed E-state index contributed by atoms with van der Waals surface area (Å²) < 4.78 is 16.7. The Balaban J connectivity index is 1.12. The van der Waals surface area contributed by atoms with E-state index in [1.807, 2.05) is 0 Å². The minimum atomic E-state index is 0.398. The van der Waals surface area contributed by atoms with E-state index in [4.69, 9.17) is 14.2 Å². The van der Waals surface area contributed by atoms with Crippen LogP contribution in [0, 0.1) is 0 Å². The van der Waals surface area contributed by atoms with Crippen LogP contribution in [0.3, 0.4) is 0 Å². The Labute approximate surface area is 252 Å². The number of nitrogens with one attached hydrogen (secondary N) is 1. The Morgan fingerprint density at radius 3 is 2.02 bits per heavy atom. The predicted octanol–water partition coefficient (Wildman–Crippen LogP) is 4.87. The molecule has 2 aliphatic rings. The van der Waals surface area contributed by atoms with Crippen LogP contribution in [0.5, 0.6) is 17.2 Å². The minimum Gasteiger partial charge on any atom is -0.493 e. The van der Waals surface area contributed by atoms with Crippen LogP contribution in [-0.2, 0) is 13.0 Å². The molecule has 1 unspecified atom stereocenters. The van der Waals surface area contributed by atoms with Gasteiger partial charge in [-0.2, -0.15) is 0 Å². The Kier molecular flexibility index (Phi) is 11.1. The molecule has 2 fully saturated rings. The summed E-state index contributed by atoms with van der Waals surface area (Å²) in [6.45, 7) is 9.70. The third-order valence-electron chi connectivity index (χ3n) is 8.87. The second-order valence-electron chi connectivity index (χ2n) is 11.5. The van der Waals surface area contributed by atoms with E-state index in [0.717, 1.165) is 52.2 Å². The van der Waals surface area contributed by atoms with Crippen molar-refractivity contribution in [2.24, 2.45) is 0 Å². The molecule has 2 heterocycles. The molecule has 7 heteroatoms. The molecule has 1 atom stereocenters. The van der Waals surface area contributed by atoms with Gasteiger partial charge in [-0.15, -0.1) is 0 Å². The molecule has 1 N–H and O–H groups in total. The number of nitrogens with zero attached hydrogens (tertiary/aromatic N) is 3. The van der Waals surface area contributed by atoms with E-state index in [2.05, 4.69) is 92.8 Å². The molecule has 5 rings (SSSR count). The Bertz CT molecular complexity index is 1190. The largest absolute Gasteiger partial charge is 0.493 e. The highest BCUT2D eigenvalue weighted by molar-refractivity contribution is 5.53. The number of methoxy groups -OCH3 is 3. The van der Waals surface area contributed by atoms with Gasteiger partial charge in [-0.25, -0.2) is 0 Å². The molecule has 3 aromatic carbocycles. The average Bonchev–Trinajstić information content (AvgIpc) is 3.05. The van der Waals surface area contributed by atoms with Gasteiger partial charge in [0.05, 0.1) is 21.3 Å². The normalized spacial score (nSPS) is 19.1. The third-order valence-corrected chi connectivity index (χ3v) is 8.87. The first-order valence-electron chi connectivity index (χ1n) is 15.5. The topological polar surface area (TPSA) is 49.4 Å². The maximum Gasteiger partial charge on any atom is 0.203 e. The first-order valence-corrected chi connectivity index (χ1v) is 15.5. The first kappa shape index (κ1) is 30.4. The van der Waals surface area contributed by atoms with Crippen molar-refractivity contribution in [1.82, 2.24) is 20.0 Å². The second-order valence-corrected chi connectivity index (χ2v) is 11.5. The van der Waals surface area contributed by atoms with Crippen LogP contribution in [0.1, 0.15) is 35.6 Å². The van der Waals surface area contributed by atoms with Crippen molar-refractivity contribution in [3.63, 3.8) is 0 Å². The van der Waals surface area contributed by atoms with Gasteiger partial charge in [0.2, 0.25) is 5.75 Å². The SMILES string of the molecule is COc1cc(CCN2CCN(CCNC3CCN(Cc4ccccc4)CC3)C(c3ccccc3)C2)cc(OC)c1OC. The minimum absolute atomic E-state index is 0.398. The number of piperidine rings is 1. The zero-order valence-electron chi connectivity index (χ0n) is 25.6. The molecule has 0 saturated carbocycles. The molecular weight excluding hydrogens is 524 g/mol. The van der Waals surface area contributed by atoms with Gasteiger partial charge in [0.25, 0.3) is 0 Å². The number of hydrogen-bond acceptors (Lipinski definition) is 7. The van der Waals surface area contributed by atoms with Gasteiger partial charge in [-0.05, 0) is 61.2 Å². The van der Waals surface area contributed by atoms with Crippen LogP contribution in [0.25, 0.3) is 0 Å². The van der Waals surface area contributed by atoms with Crippen molar-refractivity contribution < 1.29 is 14.2 Å². The van der Waals surface area contributed by atoms with Crippen molar-refractivity contribution in [3.05, 3.63) is 89.5 Å². The molecule has 0 spiro atoms. The van der Waals surface area contributed by atoms with Crippen LogP contribution in [0.4, 0.5) is 0 Å². The molecule has 2 aliphatic heterocycles. The molecule has 42 heavy (non-hydrogen) atoms. The number of hydrogen-bond donors (Lipinski definition) is 1. The van der Waals surface area contributed by atoms with Gasteiger partial charge in [0, 0.05) is 57.9 Å². The van der Waals surface area contributed by atoms with Crippen LogP contribution in [-0.4, -0.2) is 94.4 Å². The lowest BCUT2D eigenvalue weighted by atomic mass is 10.0. The van der Waals surface area contributed by atoms with Crippen molar-refractivity contribution in [2.45, 2.75) is 37.9 Å². The fourth-order valence-corrected chi connectivity index (χ4v) is 6.46. The fourth-order valence-electron chi connectivity index (χ4n) is 6.46. The lowest BCUT2D eigenvalue weighted by molar-refractivity contribution is 0.0737. The number of ether oxygens (including phenoxy) is 3. The van der Waals surface area contributed by atoms with E-state index < -0.39 is 0 Å². The van der Waals surface area contributed by atoms with Crippen molar-refractivity contribution in [2.75, 3.05) is 73.7 Å². The van der Waals surface area contributed by atoms with E-state index in [0.29, 0.717) is 29.3 Å². The zero-order chi connectivity index (χ0) is 29.1. The van der Waals surface area contributed by atoms with Gasteiger partial charge >= 0.3 is 0 Å². The van der Waals surface area contributed by atoms with Crippen molar-refractivity contribution in [1.29, 1.82) is 0 Å². The molecule has 0 aliphatic carbocycles. The van der Waals surface area contributed by atoms with Crippen LogP contribution < -0.4 is 19.5 Å². The summed E-state index contributed by atoms with van der Waals surface area (Å²) in [5.74, 6) is 2.08. The maximum atomic E-state index is 5.58. The van der Waals surface area contributed by atoms with Crippen molar-refractivity contribution in [3.8, 4) is 17.2 Å². The second kappa shape index (κ2) is 15.4. The summed E-state index contributed by atoms with van der Waals surface area (Å²) in [6, 6.07) is 27.0. The predicted molar refractivity (Wildman–Crippen MR) is 170 cm³/mol. The van der Waals surface area contributed by atoms with Crippen LogP contribution in [0.15, 0.2) is 72.8 Å². The Morgan fingerprint density at radius 1 is 0.714 bits per heavy atom. The maximum absolute atomic E-state index is 5.58. The van der Waals surface area contributed by atoms with Crippen LogP contribution in [0.2, 0.25) is 0 Å². The standard InChI is InChI=1S/C35H48N4O3/c1-40-33-24-29(25-34(41-2)35(33)42-3)14-18-38-22-23-39(32(27-38)30-12-8-5-9-13-30)21-17-36-31-15-19-37(20-16-31)26-28-10-6-4-7-11-28/h4-13,24-25,31-32,36H,14-23,26-27H2,1-3H3. The van der Waals surface area contributed by atoms with E-state index in [-0.39, 0.29) is 0 Å². The van der Waals surface area contributed by atoms with Gasteiger partial charge in [0.1, 0.15) is 0 Å². The van der Waals surface area contributed by atoms with E-state index in [9.17, 15) is 0 Å². The number of piperazine rings is 1. The Hall–Kier alpha value is -3.10. The number of benzene rings is 3. The highest BCUT2D eigenvalue weighted by atomic mass is 16.5. The number of likely N-dealkylation sites (tertiary alicyclic amines) is 1. The summed E-state index contributed by atoms with van der Waals surface area (Å²) in [5, 5.41) is 3.90. The quantitative estimate of drug-likeness (QED) is 0.314. The third kappa shape index (κ3) is 8.04. The zero-order valence-corrected chi connectivity index (χ0v) is 25.6. The molecule has 226 valence electrons. The fraction of sp³-hybridized carbons (Fsp3) is 0.486. The Morgan fingerprint density at radius 2 is 1.38 bits per heavy atom. The molecule has 3 aromatic rings. The lowest BCUT2D eigenvalue weighted by Gasteiger charge is -2.42. The van der Waals surface area contributed by atoms with Gasteiger partial charge in [-0.3, -0.25) is 14.7 Å². The summed E-state index contributed by atoms with van der Waals surface area (Å²) in [4.78, 5) is 7.88. The highest BCUT2D eigenvalue weighted by Crippen LogP contribution is 2.38. The van der Waals surface area contributed by atoms with Crippen LogP contribution >= 0.6 is 0 Å². The van der Waals surface area contributed by atoms with Crippen molar-refractivity contribution >= 4 is 0 Å². The summed E-state index contributed by atoms with van der Waals surface area (Å²) in [6.07, 6.45) is 3.38.